The van der Waals surface area contributed by atoms with Crippen LogP contribution in [0.2, 0.25) is 0 Å². The first kappa shape index (κ1) is 16.2. The third kappa shape index (κ3) is 2.61. The van der Waals surface area contributed by atoms with E-state index in [2.05, 4.69) is 10.3 Å². The Hall–Kier alpha value is -3.99. The van der Waals surface area contributed by atoms with Crippen LogP contribution in [-0.2, 0) is 0 Å². The van der Waals surface area contributed by atoms with Gasteiger partial charge in [0.1, 0.15) is 5.52 Å². The van der Waals surface area contributed by atoms with Crippen molar-refractivity contribution in [3.8, 4) is 0 Å². The van der Waals surface area contributed by atoms with Crippen LogP contribution in [-0.4, -0.2) is 10.9 Å². The Labute approximate surface area is 159 Å². The molecular weight excluding hydrogens is 352 g/mol. The fraction of sp³-hybridized carbons (Fsp3) is 0. The molecule has 0 radical (unpaired) electrons. The van der Waals surface area contributed by atoms with E-state index in [-0.39, 0.29) is 5.69 Å². The van der Waals surface area contributed by atoms with Crippen LogP contribution in [0.5, 0.6) is 0 Å². The molecule has 0 spiro atoms. The number of hydrogen-bond acceptors (Lipinski definition) is 4. The van der Waals surface area contributed by atoms with Crippen LogP contribution in [0, 0.1) is 0 Å². The van der Waals surface area contributed by atoms with Gasteiger partial charge in [0, 0.05) is 16.5 Å². The van der Waals surface area contributed by atoms with Gasteiger partial charge in [-0.05, 0) is 22.9 Å². The molecule has 0 fully saturated rings. The second-order valence-corrected chi connectivity index (χ2v) is 6.46. The topological polar surface area (TPSA) is 72.2 Å². The summed E-state index contributed by atoms with van der Waals surface area (Å²) in [6.07, 6.45) is 0. The molecule has 28 heavy (non-hydrogen) atoms. The number of nitrogens with zero attached hydrogens (tertiary/aromatic N) is 1. The van der Waals surface area contributed by atoms with Crippen LogP contribution in [0.25, 0.3) is 32.6 Å². The first-order chi connectivity index (χ1) is 13.7. The molecule has 0 bridgehead atoms. The number of benzene rings is 4. The van der Waals surface area contributed by atoms with Gasteiger partial charge in [0.05, 0.1) is 0 Å². The largest absolute Gasteiger partial charge is 0.419 e. The SMILES string of the molecule is O=C(Nc1cccc2ccccc12)c1nc2c(ccc3ccccc32)oc1=O. The van der Waals surface area contributed by atoms with E-state index in [9.17, 15) is 9.59 Å². The van der Waals surface area contributed by atoms with Gasteiger partial charge in [-0.15, -0.1) is 0 Å². The standard InChI is InChI=1S/C23H14N2O3/c26-22(24-18-11-5-8-14-6-1-3-9-16(14)18)21-23(27)28-19-13-12-15-7-2-4-10-17(15)20(19)25-21/h1-13H,(H,24,26). The zero-order valence-corrected chi connectivity index (χ0v) is 14.7. The van der Waals surface area contributed by atoms with Crippen molar-refractivity contribution in [2.45, 2.75) is 0 Å². The van der Waals surface area contributed by atoms with Crippen molar-refractivity contribution < 1.29 is 9.21 Å². The van der Waals surface area contributed by atoms with E-state index in [1.54, 1.807) is 12.1 Å². The second-order valence-electron chi connectivity index (χ2n) is 6.46. The predicted octanol–water partition coefficient (Wildman–Crippen LogP) is 4.75. The minimum atomic E-state index is -0.763. The van der Waals surface area contributed by atoms with E-state index in [0.29, 0.717) is 16.8 Å². The highest BCUT2D eigenvalue weighted by molar-refractivity contribution is 6.10. The van der Waals surface area contributed by atoms with Crippen molar-refractivity contribution in [3.63, 3.8) is 0 Å². The van der Waals surface area contributed by atoms with E-state index < -0.39 is 11.5 Å². The maximum atomic E-state index is 12.8. The molecule has 4 aromatic carbocycles. The molecule has 5 heteroatoms. The van der Waals surface area contributed by atoms with Crippen LogP contribution >= 0.6 is 0 Å². The van der Waals surface area contributed by atoms with E-state index in [1.165, 1.54) is 0 Å². The van der Waals surface area contributed by atoms with Gasteiger partial charge >= 0.3 is 5.63 Å². The third-order valence-electron chi connectivity index (χ3n) is 4.74. The smallest absolute Gasteiger partial charge is 0.368 e. The maximum absolute atomic E-state index is 12.8. The summed E-state index contributed by atoms with van der Waals surface area (Å²) in [5.41, 5.74) is 0.422. The summed E-state index contributed by atoms with van der Waals surface area (Å²) in [4.78, 5) is 29.6. The van der Waals surface area contributed by atoms with E-state index in [1.807, 2.05) is 66.7 Å². The number of aromatic nitrogens is 1. The first-order valence-corrected chi connectivity index (χ1v) is 8.82. The van der Waals surface area contributed by atoms with Gasteiger partial charge in [-0.25, -0.2) is 9.78 Å². The zero-order chi connectivity index (χ0) is 19.1. The molecule has 5 aromatic rings. The summed E-state index contributed by atoms with van der Waals surface area (Å²) in [7, 11) is 0. The highest BCUT2D eigenvalue weighted by Crippen LogP contribution is 2.25. The molecule has 5 nitrogen and oxygen atoms in total. The number of hydrogen-bond donors (Lipinski definition) is 1. The van der Waals surface area contributed by atoms with Crippen LogP contribution < -0.4 is 10.9 Å². The van der Waals surface area contributed by atoms with Gasteiger partial charge in [0.25, 0.3) is 5.91 Å². The molecule has 1 aromatic heterocycles. The monoisotopic (exact) mass is 366 g/mol. The van der Waals surface area contributed by atoms with E-state index >= 15 is 0 Å². The molecule has 5 rings (SSSR count). The van der Waals surface area contributed by atoms with Crippen molar-refractivity contribution in [2.24, 2.45) is 0 Å². The quantitative estimate of drug-likeness (QED) is 0.458. The maximum Gasteiger partial charge on any atom is 0.368 e. The third-order valence-corrected chi connectivity index (χ3v) is 4.74. The number of rotatable bonds is 2. The molecule has 0 aliphatic rings. The van der Waals surface area contributed by atoms with Crippen LogP contribution in [0.3, 0.4) is 0 Å². The number of carbonyl (C=O) groups is 1. The minimum absolute atomic E-state index is 0.267. The van der Waals surface area contributed by atoms with Crippen LogP contribution in [0.1, 0.15) is 10.5 Å². The summed E-state index contributed by atoms with van der Waals surface area (Å²) in [6, 6.07) is 24.5. The summed E-state index contributed by atoms with van der Waals surface area (Å²) < 4.78 is 5.37. The lowest BCUT2D eigenvalue weighted by Crippen LogP contribution is -2.23. The van der Waals surface area contributed by atoms with Gasteiger partial charge in [-0.3, -0.25) is 4.79 Å². The lowest BCUT2D eigenvalue weighted by atomic mass is 10.1. The average Bonchev–Trinajstić information content (AvgIpc) is 2.73. The Morgan fingerprint density at radius 2 is 1.46 bits per heavy atom. The first-order valence-electron chi connectivity index (χ1n) is 8.82. The van der Waals surface area contributed by atoms with Gasteiger partial charge in [-0.1, -0.05) is 66.7 Å². The number of nitrogens with one attached hydrogen (secondary N) is 1. The number of fused-ring (bicyclic) bond motifs is 4. The normalized spacial score (nSPS) is 11.1. The van der Waals surface area contributed by atoms with E-state index in [4.69, 9.17) is 4.42 Å². The number of carbonyl (C=O) groups excluding carboxylic acids is 1. The molecule has 0 saturated heterocycles. The molecular formula is C23H14N2O3. The molecule has 0 atom stereocenters. The Morgan fingerprint density at radius 3 is 2.29 bits per heavy atom. The number of amides is 1. The van der Waals surface area contributed by atoms with E-state index in [0.717, 1.165) is 21.5 Å². The highest BCUT2D eigenvalue weighted by atomic mass is 16.4. The summed E-state index contributed by atoms with van der Waals surface area (Å²) in [5, 5.41) is 6.44. The van der Waals surface area contributed by atoms with Crippen molar-refractivity contribution in [2.75, 3.05) is 5.32 Å². The summed E-state index contributed by atoms with van der Waals surface area (Å²) in [6.45, 7) is 0. The Balaban J connectivity index is 1.63. The zero-order valence-electron chi connectivity index (χ0n) is 14.7. The molecule has 0 aliphatic carbocycles. The molecule has 134 valence electrons. The minimum Gasteiger partial charge on any atom is -0.419 e. The highest BCUT2D eigenvalue weighted by Gasteiger charge is 2.18. The lowest BCUT2D eigenvalue weighted by molar-refractivity contribution is 0.101. The van der Waals surface area contributed by atoms with Gasteiger partial charge < -0.3 is 9.73 Å². The van der Waals surface area contributed by atoms with Crippen LogP contribution in [0.15, 0.2) is 88.1 Å². The number of anilines is 1. The fourth-order valence-corrected chi connectivity index (χ4v) is 3.40. The van der Waals surface area contributed by atoms with Crippen molar-refractivity contribution in [1.82, 2.24) is 4.98 Å². The Kier molecular flexibility index (Phi) is 3.66. The molecule has 0 aliphatic heterocycles. The molecule has 1 N–H and O–H groups in total. The molecule has 1 amide bonds. The Bertz CT molecular complexity index is 1430. The fourth-order valence-electron chi connectivity index (χ4n) is 3.40. The van der Waals surface area contributed by atoms with Crippen molar-refractivity contribution >= 4 is 44.2 Å². The van der Waals surface area contributed by atoms with Crippen molar-refractivity contribution in [3.05, 3.63) is 95.0 Å². The summed E-state index contributed by atoms with van der Waals surface area (Å²) >= 11 is 0. The van der Waals surface area contributed by atoms with Gasteiger partial charge in [0.2, 0.25) is 5.69 Å². The predicted molar refractivity (Wildman–Crippen MR) is 110 cm³/mol. The van der Waals surface area contributed by atoms with Gasteiger partial charge in [-0.2, -0.15) is 0 Å². The second kappa shape index (κ2) is 6.32. The van der Waals surface area contributed by atoms with Crippen LogP contribution in [0.4, 0.5) is 5.69 Å². The molecule has 1 heterocycles. The Morgan fingerprint density at radius 1 is 0.786 bits per heavy atom. The average molecular weight is 366 g/mol. The summed E-state index contributed by atoms with van der Waals surface area (Å²) in [5.74, 6) is -0.597. The lowest BCUT2D eigenvalue weighted by Gasteiger charge is -2.08. The molecule has 0 saturated carbocycles. The molecule has 0 unspecified atom stereocenters. The van der Waals surface area contributed by atoms with Gasteiger partial charge in [0.15, 0.2) is 5.58 Å². The van der Waals surface area contributed by atoms with Crippen molar-refractivity contribution in [1.29, 1.82) is 0 Å².